The zero-order valence-corrected chi connectivity index (χ0v) is 10.3. The van der Waals surface area contributed by atoms with Crippen molar-refractivity contribution in [1.29, 1.82) is 0 Å². The zero-order chi connectivity index (χ0) is 11.4. The van der Waals surface area contributed by atoms with E-state index >= 15 is 0 Å². The van der Waals surface area contributed by atoms with Crippen LogP contribution in [0.15, 0.2) is 0 Å². The third-order valence-corrected chi connectivity index (χ3v) is 3.65. The summed E-state index contributed by atoms with van der Waals surface area (Å²) in [5.41, 5.74) is 8.28. The van der Waals surface area contributed by atoms with Crippen LogP contribution >= 0.6 is 0 Å². The topological polar surface area (TPSA) is 54.7 Å². The molecule has 3 N–H and O–H groups in total. The third kappa shape index (κ3) is 2.46. The number of hydrogen-bond donors (Lipinski definition) is 2. The summed E-state index contributed by atoms with van der Waals surface area (Å²) >= 11 is 0. The van der Waals surface area contributed by atoms with Crippen molar-refractivity contribution >= 4 is 0 Å². The Morgan fingerprint density at radius 1 is 1.25 bits per heavy atom. The van der Waals surface area contributed by atoms with Crippen molar-refractivity contribution in [3.63, 3.8) is 0 Å². The molecular formula is C13H23N3. The van der Waals surface area contributed by atoms with Gasteiger partial charge in [-0.05, 0) is 19.3 Å². The van der Waals surface area contributed by atoms with E-state index < -0.39 is 0 Å². The summed E-state index contributed by atoms with van der Waals surface area (Å²) in [7, 11) is 0. The number of nitrogens with two attached hydrogens (primary N) is 1. The Balaban J connectivity index is 2.19. The fourth-order valence-corrected chi connectivity index (χ4v) is 2.74. The molecule has 1 heterocycles. The molecule has 0 aromatic carbocycles. The lowest BCUT2D eigenvalue weighted by Crippen LogP contribution is -2.02. The maximum absolute atomic E-state index is 5.65. The van der Waals surface area contributed by atoms with Gasteiger partial charge < -0.3 is 10.7 Å². The number of nitrogens with zero attached hydrogens (tertiary/aromatic N) is 1. The van der Waals surface area contributed by atoms with Crippen LogP contribution in [0.3, 0.4) is 0 Å². The van der Waals surface area contributed by atoms with Gasteiger partial charge in [0.15, 0.2) is 0 Å². The molecule has 0 aliphatic heterocycles. The molecule has 90 valence electrons. The van der Waals surface area contributed by atoms with Crippen LogP contribution in [0.25, 0.3) is 0 Å². The quantitative estimate of drug-likeness (QED) is 0.771. The minimum atomic E-state index is 0.528. The van der Waals surface area contributed by atoms with E-state index in [-0.39, 0.29) is 0 Å². The average Bonchev–Trinajstić information content (AvgIpc) is 2.55. The van der Waals surface area contributed by atoms with Crippen LogP contribution in [0.1, 0.15) is 68.6 Å². The molecule has 0 amide bonds. The van der Waals surface area contributed by atoms with Gasteiger partial charge >= 0.3 is 0 Å². The fourth-order valence-electron chi connectivity index (χ4n) is 2.74. The van der Waals surface area contributed by atoms with Gasteiger partial charge in [0.05, 0.1) is 12.2 Å². The Labute approximate surface area is 97.8 Å². The molecule has 0 unspecified atom stereocenters. The third-order valence-electron chi connectivity index (χ3n) is 3.65. The molecule has 1 saturated carbocycles. The maximum Gasteiger partial charge on any atom is 0.120 e. The Hall–Kier alpha value is -0.830. The normalized spacial score (nSPS) is 18.6. The molecular weight excluding hydrogens is 198 g/mol. The lowest BCUT2D eigenvalue weighted by atomic mass is 9.95. The number of aromatic amines is 1. The highest BCUT2D eigenvalue weighted by Crippen LogP contribution is 2.32. The highest BCUT2D eigenvalue weighted by molar-refractivity contribution is 5.19. The molecule has 1 fully saturated rings. The molecule has 0 radical (unpaired) electrons. The number of nitrogens with one attached hydrogen (secondary N) is 1. The summed E-state index contributed by atoms with van der Waals surface area (Å²) in [4.78, 5) is 8.05. The first-order valence-electron chi connectivity index (χ1n) is 6.62. The van der Waals surface area contributed by atoms with Gasteiger partial charge in [0.2, 0.25) is 0 Å². The first-order chi connectivity index (χ1) is 7.85. The zero-order valence-electron chi connectivity index (χ0n) is 10.3. The summed E-state index contributed by atoms with van der Waals surface area (Å²) < 4.78 is 0. The minimum Gasteiger partial charge on any atom is -0.345 e. The summed E-state index contributed by atoms with van der Waals surface area (Å²) in [5.74, 6) is 1.63. The summed E-state index contributed by atoms with van der Waals surface area (Å²) in [6, 6.07) is 0. The van der Waals surface area contributed by atoms with Crippen LogP contribution in [0, 0.1) is 0 Å². The second-order valence-electron chi connectivity index (χ2n) is 4.79. The Morgan fingerprint density at radius 2 is 1.94 bits per heavy atom. The number of H-pyrrole nitrogens is 1. The van der Waals surface area contributed by atoms with Crippen LogP contribution in [0.2, 0.25) is 0 Å². The molecule has 1 aromatic rings. The summed E-state index contributed by atoms with van der Waals surface area (Å²) in [6.07, 6.45) is 9.16. The lowest BCUT2D eigenvalue weighted by Gasteiger charge is -2.12. The van der Waals surface area contributed by atoms with Gasteiger partial charge in [-0.3, -0.25) is 0 Å². The van der Waals surface area contributed by atoms with E-state index in [1.165, 1.54) is 49.9 Å². The molecule has 16 heavy (non-hydrogen) atoms. The second kappa shape index (κ2) is 5.48. The van der Waals surface area contributed by atoms with E-state index in [9.17, 15) is 0 Å². The van der Waals surface area contributed by atoms with E-state index in [0.717, 1.165) is 12.2 Å². The SMILES string of the molecule is CCc1[nH]c(CN)nc1C1CCCCCC1. The summed E-state index contributed by atoms with van der Waals surface area (Å²) in [5, 5.41) is 0. The van der Waals surface area contributed by atoms with Gasteiger partial charge in [-0.1, -0.05) is 32.6 Å². The van der Waals surface area contributed by atoms with Crippen molar-refractivity contribution < 1.29 is 0 Å². The average molecular weight is 221 g/mol. The van der Waals surface area contributed by atoms with E-state index in [1.54, 1.807) is 0 Å². The van der Waals surface area contributed by atoms with Crippen molar-refractivity contribution in [2.75, 3.05) is 0 Å². The highest BCUT2D eigenvalue weighted by Gasteiger charge is 2.20. The highest BCUT2D eigenvalue weighted by atomic mass is 15.0. The minimum absolute atomic E-state index is 0.528. The monoisotopic (exact) mass is 221 g/mol. The van der Waals surface area contributed by atoms with Crippen LogP contribution in [-0.2, 0) is 13.0 Å². The largest absolute Gasteiger partial charge is 0.345 e. The Bertz CT molecular complexity index is 322. The Kier molecular flexibility index (Phi) is 3.99. The molecule has 3 nitrogen and oxygen atoms in total. The van der Waals surface area contributed by atoms with Crippen LogP contribution in [0.5, 0.6) is 0 Å². The van der Waals surface area contributed by atoms with E-state index in [4.69, 9.17) is 5.73 Å². The predicted octanol–water partition coefficient (Wildman–Crippen LogP) is 2.87. The van der Waals surface area contributed by atoms with Gasteiger partial charge in [-0.25, -0.2) is 4.98 Å². The van der Waals surface area contributed by atoms with Crippen molar-refractivity contribution in [3.8, 4) is 0 Å². The smallest absolute Gasteiger partial charge is 0.120 e. The van der Waals surface area contributed by atoms with E-state index in [0.29, 0.717) is 12.5 Å². The van der Waals surface area contributed by atoms with Crippen LogP contribution in [0.4, 0.5) is 0 Å². The van der Waals surface area contributed by atoms with Crippen LogP contribution in [-0.4, -0.2) is 9.97 Å². The molecule has 3 heteroatoms. The van der Waals surface area contributed by atoms with Crippen molar-refractivity contribution in [1.82, 2.24) is 9.97 Å². The fraction of sp³-hybridized carbons (Fsp3) is 0.769. The molecule has 2 rings (SSSR count). The van der Waals surface area contributed by atoms with E-state index in [1.807, 2.05) is 0 Å². The van der Waals surface area contributed by atoms with Gasteiger partial charge in [-0.15, -0.1) is 0 Å². The number of imidazole rings is 1. The van der Waals surface area contributed by atoms with Gasteiger partial charge in [0.1, 0.15) is 5.82 Å². The predicted molar refractivity (Wildman–Crippen MR) is 66.3 cm³/mol. The van der Waals surface area contributed by atoms with Gasteiger partial charge in [-0.2, -0.15) is 0 Å². The molecule has 1 aliphatic carbocycles. The molecule has 0 bridgehead atoms. The molecule has 0 atom stereocenters. The molecule has 0 saturated heterocycles. The maximum atomic E-state index is 5.65. The van der Waals surface area contributed by atoms with Crippen LogP contribution < -0.4 is 5.73 Å². The number of aromatic nitrogens is 2. The second-order valence-corrected chi connectivity index (χ2v) is 4.79. The molecule has 0 spiro atoms. The van der Waals surface area contributed by atoms with Gasteiger partial charge in [0, 0.05) is 11.6 Å². The van der Waals surface area contributed by atoms with E-state index in [2.05, 4.69) is 16.9 Å². The first-order valence-corrected chi connectivity index (χ1v) is 6.62. The summed E-state index contributed by atoms with van der Waals surface area (Å²) in [6.45, 7) is 2.72. The molecule has 1 aliphatic rings. The van der Waals surface area contributed by atoms with Crippen molar-refractivity contribution in [2.45, 2.75) is 64.3 Å². The number of hydrogen-bond acceptors (Lipinski definition) is 2. The lowest BCUT2D eigenvalue weighted by molar-refractivity contribution is 0.574. The number of aryl methyl sites for hydroxylation is 1. The Morgan fingerprint density at radius 3 is 2.50 bits per heavy atom. The molecule has 1 aromatic heterocycles. The van der Waals surface area contributed by atoms with Crippen molar-refractivity contribution in [3.05, 3.63) is 17.2 Å². The standard InChI is InChI=1S/C13H23N3/c1-2-11-13(16-12(9-14)15-11)10-7-5-3-4-6-8-10/h10H,2-9,14H2,1H3,(H,15,16). The number of rotatable bonds is 3. The van der Waals surface area contributed by atoms with Gasteiger partial charge in [0.25, 0.3) is 0 Å². The van der Waals surface area contributed by atoms with Crippen molar-refractivity contribution in [2.24, 2.45) is 5.73 Å². The first kappa shape index (κ1) is 11.6.